The Labute approximate surface area is 147 Å². The van der Waals surface area contributed by atoms with Crippen LogP contribution in [0.15, 0.2) is 60.0 Å². The van der Waals surface area contributed by atoms with E-state index < -0.39 is 11.8 Å². The van der Waals surface area contributed by atoms with Crippen molar-refractivity contribution in [1.82, 2.24) is 15.8 Å². The van der Waals surface area contributed by atoms with Crippen LogP contribution >= 0.6 is 22.9 Å². The third kappa shape index (κ3) is 3.79. The fraction of sp³-hybridized carbons (Fsp3) is 0. The summed E-state index contributed by atoms with van der Waals surface area (Å²) >= 11 is 7.13. The first kappa shape index (κ1) is 16.2. The van der Waals surface area contributed by atoms with Crippen LogP contribution < -0.4 is 10.9 Å². The van der Waals surface area contributed by atoms with E-state index in [2.05, 4.69) is 15.8 Å². The summed E-state index contributed by atoms with van der Waals surface area (Å²) in [4.78, 5) is 28.3. The maximum Gasteiger partial charge on any atom is 0.289 e. The summed E-state index contributed by atoms with van der Waals surface area (Å²) in [6.45, 7) is 0. The normalized spacial score (nSPS) is 10.2. The van der Waals surface area contributed by atoms with Crippen molar-refractivity contribution in [2.45, 2.75) is 0 Å². The summed E-state index contributed by atoms with van der Waals surface area (Å²) in [5.74, 6) is -0.908. The van der Waals surface area contributed by atoms with Crippen molar-refractivity contribution in [2.24, 2.45) is 0 Å². The van der Waals surface area contributed by atoms with Crippen LogP contribution in [0.1, 0.15) is 20.8 Å². The number of amides is 2. The molecule has 24 heavy (non-hydrogen) atoms. The molecular weight excluding hydrogens is 346 g/mol. The minimum absolute atomic E-state index is 0.246. The number of aromatic nitrogens is 1. The molecule has 0 aliphatic rings. The van der Waals surface area contributed by atoms with Crippen molar-refractivity contribution in [3.05, 3.63) is 76.3 Å². The molecule has 0 saturated carbocycles. The molecule has 0 fully saturated rings. The minimum Gasteiger partial charge on any atom is -0.267 e. The number of halogens is 1. The molecule has 5 nitrogen and oxygen atoms in total. The van der Waals surface area contributed by atoms with E-state index in [1.54, 1.807) is 29.6 Å². The quantitative estimate of drug-likeness (QED) is 0.704. The van der Waals surface area contributed by atoms with Gasteiger partial charge in [-0.3, -0.25) is 20.4 Å². The highest BCUT2D eigenvalue weighted by atomic mass is 35.5. The zero-order valence-electron chi connectivity index (χ0n) is 12.3. The van der Waals surface area contributed by atoms with Gasteiger partial charge in [-0.25, -0.2) is 4.98 Å². The molecule has 0 saturated heterocycles. The van der Waals surface area contributed by atoms with Gasteiger partial charge in [-0.05, 0) is 24.3 Å². The van der Waals surface area contributed by atoms with Gasteiger partial charge in [-0.2, -0.15) is 0 Å². The molecule has 3 aromatic rings. The molecule has 0 unspecified atom stereocenters. The van der Waals surface area contributed by atoms with Crippen molar-refractivity contribution in [2.75, 3.05) is 0 Å². The lowest BCUT2D eigenvalue weighted by Crippen LogP contribution is -2.41. The number of hydrogen-bond donors (Lipinski definition) is 2. The third-order valence-electron chi connectivity index (χ3n) is 3.15. The highest BCUT2D eigenvalue weighted by molar-refractivity contribution is 7.13. The van der Waals surface area contributed by atoms with E-state index in [1.165, 1.54) is 11.3 Å². The number of benzene rings is 2. The third-order valence-corrected chi connectivity index (χ3v) is 4.30. The van der Waals surface area contributed by atoms with Gasteiger partial charge in [0.15, 0.2) is 0 Å². The van der Waals surface area contributed by atoms with Crippen molar-refractivity contribution in [3.8, 4) is 10.6 Å². The van der Waals surface area contributed by atoms with Gasteiger partial charge >= 0.3 is 0 Å². The van der Waals surface area contributed by atoms with Gasteiger partial charge in [0.05, 0.1) is 0 Å². The van der Waals surface area contributed by atoms with Crippen LogP contribution in [0.4, 0.5) is 0 Å². The Morgan fingerprint density at radius 2 is 1.58 bits per heavy atom. The molecule has 0 bridgehead atoms. The van der Waals surface area contributed by atoms with Crippen LogP contribution in [0.25, 0.3) is 10.6 Å². The van der Waals surface area contributed by atoms with Gasteiger partial charge in [-0.1, -0.05) is 41.9 Å². The number of thiazole rings is 1. The zero-order chi connectivity index (χ0) is 16.9. The standard InChI is InChI=1S/C17H12ClN3O2S/c18-13-8-6-11(7-9-13)15(22)20-21-16(23)14-10-24-17(19-14)12-4-2-1-3-5-12/h1-10H,(H,20,22)(H,21,23). The molecule has 0 atom stereocenters. The van der Waals surface area contributed by atoms with Gasteiger partial charge in [0.25, 0.3) is 11.8 Å². The fourth-order valence-electron chi connectivity index (χ4n) is 1.94. The van der Waals surface area contributed by atoms with Gasteiger partial charge in [0, 0.05) is 21.5 Å². The second-order valence-corrected chi connectivity index (χ2v) is 6.11. The number of carbonyl (C=O) groups excluding carboxylic acids is 2. The average molecular weight is 358 g/mol. The van der Waals surface area contributed by atoms with Gasteiger partial charge in [-0.15, -0.1) is 11.3 Å². The minimum atomic E-state index is -0.476. The smallest absolute Gasteiger partial charge is 0.267 e. The van der Waals surface area contributed by atoms with Crippen molar-refractivity contribution >= 4 is 34.8 Å². The van der Waals surface area contributed by atoms with Crippen molar-refractivity contribution < 1.29 is 9.59 Å². The van der Waals surface area contributed by atoms with E-state index in [4.69, 9.17) is 11.6 Å². The maximum absolute atomic E-state index is 12.1. The van der Waals surface area contributed by atoms with Crippen LogP contribution in [-0.4, -0.2) is 16.8 Å². The molecule has 7 heteroatoms. The molecule has 1 heterocycles. The molecule has 1 aromatic heterocycles. The van der Waals surface area contributed by atoms with Crippen LogP contribution in [0.5, 0.6) is 0 Å². The Morgan fingerprint density at radius 3 is 2.29 bits per heavy atom. The van der Waals surface area contributed by atoms with E-state index in [-0.39, 0.29) is 5.69 Å². The Kier molecular flexibility index (Phi) is 4.88. The molecule has 2 aromatic carbocycles. The number of hydrazine groups is 1. The first-order valence-corrected chi connectivity index (χ1v) is 8.26. The molecule has 2 N–H and O–H groups in total. The number of hydrogen-bond acceptors (Lipinski definition) is 4. The Morgan fingerprint density at radius 1 is 0.917 bits per heavy atom. The fourth-order valence-corrected chi connectivity index (χ4v) is 2.87. The van der Waals surface area contributed by atoms with Crippen LogP contribution in [-0.2, 0) is 0 Å². The summed E-state index contributed by atoms with van der Waals surface area (Å²) in [5.41, 5.74) is 6.27. The van der Waals surface area contributed by atoms with E-state index in [0.717, 1.165) is 10.6 Å². The second kappa shape index (κ2) is 7.25. The van der Waals surface area contributed by atoms with Crippen molar-refractivity contribution in [1.29, 1.82) is 0 Å². The largest absolute Gasteiger partial charge is 0.289 e. The lowest BCUT2D eigenvalue weighted by molar-refractivity contribution is 0.0844. The van der Waals surface area contributed by atoms with E-state index >= 15 is 0 Å². The van der Waals surface area contributed by atoms with E-state index in [1.807, 2.05) is 30.3 Å². The summed E-state index contributed by atoms with van der Waals surface area (Å²) < 4.78 is 0. The van der Waals surface area contributed by atoms with Crippen LogP contribution in [0.2, 0.25) is 5.02 Å². The van der Waals surface area contributed by atoms with Gasteiger partial charge in [0.1, 0.15) is 10.7 Å². The first-order chi connectivity index (χ1) is 11.6. The lowest BCUT2D eigenvalue weighted by atomic mass is 10.2. The van der Waals surface area contributed by atoms with E-state index in [9.17, 15) is 9.59 Å². The highest BCUT2D eigenvalue weighted by Crippen LogP contribution is 2.23. The zero-order valence-corrected chi connectivity index (χ0v) is 13.9. The number of rotatable bonds is 3. The molecule has 120 valence electrons. The summed E-state index contributed by atoms with van der Waals surface area (Å²) in [6, 6.07) is 15.9. The summed E-state index contributed by atoms with van der Waals surface area (Å²) in [5, 5.41) is 2.92. The molecule has 0 aliphatic heterocycles. The number of carbonyl (C=O) groups is 2. The van der Waals surface area contributed by atoms with E-state index in [0.29, 0.717) is 10.6 Å². The maximum atomic E-state index is 12.1. The number of nitrogens with one attached hydrogen (secondary N) is 2. The molecule has 0 spiro atoms. The lowest BCUT2D eigenvalue weighted by Gasteiger charge is -2.06. The molecule has 0 aliphatic carbocycles. The monoisotopic (exact) mass is 357 g/mol. The van der Waals surface area contributed by atoms with Crippen LogP contribution in [0.3, 0.4) is 0 Å². The van der Waals surface area contributed by atoms with Gasteiger partial charge < -0.3 is 0 Å². The number of nitrogens with zero attached hydrogens (tertiary/aromatic N) is 1. The van der Waals surface area contributed by atoms with Gasteiger partial charge in [0.2, 0.25) is 0 Å². The average Bonchev–Trinajstić information content (AvgIpc) is 3.11. The van der Waals surface area contributed by atoms with Crippen molar-refractivity contribution in [3.63, 3.8) is 0 Å². The Hall–Kier alpha value is -2.70. The highest BCUT2D eigenvalue weighted by Gasteiger charge is 2.13. The SMILES string of the molecule is O=C(NNC(=O)c1csc(-c2ccccc2)n1)c1ccc(Cl)cc1. The molecule has 0 radical (unpaired) electrons. The molecule has 2 amide bonds. The Balaban J connectivity index is 1.62. The molecular formula is C17H12ClN3O2S. The topological polar surface area (TPSA) is 71.1 Å². The molecule has 3 rings (SSSR count). The first-order valence-electron chi connectivity index (χ1n) is 7.00. The van der Waals surface area contributed by atoms with Crippen LogP contribution in [0, 0.1) is 0 Å². The summed E-state index contributed by atoms with van der Waals surface area (Å²) in [7, 11) is 0. The summed E-state index contributed by atoms with van der Waals surface area (Å²) in [6.07, 6.45) is 0. The predicted molar refractivity (Wildman–Crippen MR) is 93.9 cm³/mol. The Bertz CT molecular complexity index is 863. The predicted octanol–water partition coefficient (Wildman–Crippen LogP) is 3.54. The second-order valence-electron chi connectivity index (χ2n) is 4.82.